The highest BCUT2D eigenvalue weighted by Gasteiger charge is 2.19. The number of carbonyl (C=O) groups is 3. The number of nitrogens with one attached hydrogen (secondary N) is 1. The monoisotopic (exact) mass is 928 g/mol. The van der Waals surface area contributed by atoms with Gasteiger partial charge in [0.2, 0.25) is 11.8 Å². The molecule has 0 atom stereocenters. The number of aromatic nitrogens is 2. The van der Waals surface area contributed by atoms with E-state index in [-0.39, 0.29) is 31.2 Å². The first kappa shape index (κ1) is 49.0. The summed E-state index contributed by atoms with van der Waals surface area (Å²) in [4.78, 5) is 45.4. The zero-order chi connectivity index (χ0) is 47.4. The van der Waals surface area contributed by atoms with E-state index >= 15 is 0 Å². The molecule has 0 aliphatic rings. The van der Waals surface area contributed by atoms with Crippen LogP contribution in [0.1, 0.15) is 46.9 Å². The van der Waals surface area contributed by atoms with Gasteiger partial charge in [0, 0.05) is 55.2 Å². The molecular weight excluding hydrogens is 876 g/mol. The van der Waals surface area contributed by atoms with Gasteiger partial charge in [-0.25, -0.2) is 14.8 Å². The number of halogens is 1. The third-order valence-electron chi connectivity index (χ3n) is 10.2. The first-order chi connectivity index (χ1) is 32.5. The molecule has 0 radical (unpaired) electrons. The van der Waals surface area contributed by atoms with E-state index < -0.39 is 12.1 Å². The highest BCUT2D eigenvalue weighted by molar-refractivity contribution is 6.30. The zero-order valence-corrected chi connectivity index (χ0v) is 38.4. The standard InChI is InChI=1S/C29H27ClN2O6.C23H26N2O4/c1-20-26(31-28(37-20)22-6-3-2-4-7-22)15-17-36-24-12-10-21(11-13-24)19-32(16-14-27(33)34)29(35)38-25-9-5-8-23(30)18-25;1-17-21(25-23(29-17)19-6-4-3-5-7-19)13-15-28-20-10-8-18(9-11-20)16-24-14-12-22(26)27-2/h2-13,18H,14-17,19H2,1H3,(H,33,34);3-11,24H,12-16H2,1-2H3. The number of esters is 1. The number of carboxylic acids is 1. The summed E-state index contributed by atoms with van der Waals surface area (Å²) in [5, 5.41) is 12.7. The summed E-state index contributed by atoms with van der Waals surface area (Å²) in [7, 11) is 1.40. The number of nitrogens with zero attached hydrogens (tertiary/aromatic N) is 3. The van der Waals surface area contributed by atoms with E-state index in [2.05, 4.69) is 20.0 Å². The quantitative estimate of drug-likeness (QED) is 0.0515. The number of aryl methyl sites for hydroxylation is 2. The second-order valence-corrected chi connectivity index (χ2v) is 15.6. The summed E-state index contributed by atoms with van der Waals surface area (Å²) < 4.78 is 33.3. The van der Waals surface area contributed by atoms with Crippen molar-refractivity contribution >= 4 is 29.6 Å². The summed E-state index contributed by atoms with van der Waals surface area (Å²) in [5.74, 6) is 3.35. The van der Waals surface area contributed by atoms with Crippen LogP contribution in [0.3, 0.4) is 0 Å². The molecular formula is C52H53ClN4O10. The number of carboxylic acid groups (broad SMARTS) is 1. The van der Waals surface area contributed by atoms with Gasteiger partial charge >= 0.3 is 18.0 Å². The maximum absolute atomic E-state index is 12.7. The Hall–Kier alpha value is -7.42. The Morgan fingerprint density at radius 3 is 1.72 bits per heavy atom. The number of rotatable bonds is 21. The van der Waals surface area contributed by atoms with Crippen LogP contribution >= 0.6 is 11.6 Å². The molecule has 7 aromatic rings. The number of benzene rings is 5. The van der Waals surface area contributed by atoms with Crippen molar-refractivity contribution in [3.8, 4) is 40.2 Å². The molecule has 2 aromatic heterocycles. The van der Waals surface area contributed by atoms with Crippen molar-refractivity contribution in [1.82, 2.24) is 20.2 Å². The summed E-state index contributed by atoms with van der Waals surface area (Å²) >= 11 is 5.96. The molecule has 14 nitrogen and oxygen atoms in total. The number of methoxy groups -OCH3 is 1. The zero-order valence-electron chi connectivity index (χ0n) is 37.6. The van der Waals surface area contributed by atoms with Crippen LogP contribution in [0, 0.1) is 13.8 Å². The number of carbonyl (C=O) groups excluding carboxylic acids is 2. The van der Waals surface area contributed by atoms with Crippen LogP contribution in [0.4, 0.5) is 4.79 Å². The van der Waals surface area contributed by atoms with Gasteiger partial charge in [0.1, 0.15) is 28.8 Å². The van der Waals surface area contributed by atoms with Crippen molar-refractivity contribution in [1.29, 1.82) is 0 Å². The van der Waals surface area contributed by atoms with Gasteiger partial charge in [0.15, 0.2) is 0 Å². The van der Waals surface area contributed by atoms with Gasteiger partial charge in [-0.15, -0.1) is 0 Å². The lowest BCUT2D eigenvalue weighted by atomic mass is 10.2. The lowest BCUT2D eigenvalue weighted by molar-refractivity contribution is -0.140. The number of amides is 1. The van der Waals surface area contributed by atoms with Gasteiger partial charge in [-0.2, -0.15) is 0 Å². The average Bonchev–Trinajstić information content (AvgIpc) is 3.91. The Morgan fingerprint density at radius 1 is 0.672 bits per heavy atom. The molecule has 2 heterocycles. The highest BCUT2D eigenvalue weighted by atomic mass is 35.5. The average molecular weight is 929 g/mol. The van der Waals surface area contributed by atoms with Crippen molar-refractivity contribution in [2.24, 2.45) is 0 Å². The first-order valence-corrected chi connectivity index (χ1v) is 22.1. The minimum Gasteiger partial charge on any atom is -0.493 e. The number of hydrogen-bond donors (Lipinski definition) is 2. The first-order valence-electron chi connectivity index (χ1n) is 21.7. The maximum Gasteiger partial charge on any atom is 0.415 e. The molecule has 0 bridgehead atoms. The molecule has 0 aliphatic carbocycles. The van der Waals surface area contributed by atoms with Crippen molar-refractivity contribution in [3.63, 3.8) is 0 Å². The predicted molar refractivity (Wildman–Crippen MR) is 253 cm³/mol. The number of hydrogen-bond acceptors (Lipinski definition) is 12. The van der Waals surface area contributed by atoms with Crippen molar-refractivity contribution in [3.05, 3.63) is 173 Å². The molecule has 7 rings (SSSR count). The van der Waals surface area contributed by atoms with Gasteiger partial charge in [-0.1, -0.05) is 78.3 Å². The Balaban J connectivity index is 0.000000229. The highest BCUT2D eigenvalue weighted by Crippen LogP contribution is 2.24. The summed E-state index contributed by atoms with van der Waals surface area (Å²) in [6, 6.07) is 41.2. The fraction of sp³-hybridized carbons (Fsp3) is 0.250. The van der Waals surface area contributed by atoms with Crippen LogP contribution in [-0.2, 0) is 40.3 Å². The SMILES string of the molecule is COC(=O)CCNCc1ccc(OCCc2nc(-c3ccccc3)oc2C)cc1.Cc1oc(-c2ccccc2)nc1CCOc1ccc(CN(CCC(=O)O)C(=O)Oc2cccc(Cl)c2)cc1. The molecule has 2 N–H and O–H groups in total. The van der Waals surface area contributed by atoms with Crippen LogP contribution in [0.2, 0.25) is 5.02 Å². The minimum absolute atomic E-state index is 0.00496. The molecule has 0 unspecified atom stereocenters. The fourth-order valence-electron chi connectivity index (χ4n) is 6.56. The summed E-state index contributed by atoms with van der Waals surface area (Å²) in [5.41, 5.74) is 5.57. The molecule has 0 fully saturated rings. The molecule has 67 heavy (non-hydrogen) atoms. The van der Waals surface area contributed by atoms with Crippen LogP contribution in [0.5, 0.6) is 17.2 Å². The van der Waals surface area contributed by atoms with Crippen LogP contribution < -0.4 is 19.5 Å². The molecule has 0 spiro atoms. The third kappa shape index (κ3) is 15.9. The van der Waals surface area contributed by atoms with Crippen LogP contribution in [0.25, 0.3) is 22.9 Å². The van der Waals surface area contributed by atoms with Gasteiger partial charge in [0.25, 0.3) is 0 Å². The molecule has 0 aliphatic heterocycles. The third-order valence-corrected chi connectivity index (χ3v) is 10.4. The van der Waals surface area contributed by atoms with Gasteiger partial charge < -0.3 is 43.1 Å². The maximum atomic E-state index is 12.7. The predicted octanol–water partition coefficient (Wildman–Crippen LogP) is 10.3. The van der Waals surface area contributed by atoms with E-state index in [1.54, 1.807) is 30.3 Å². The Labute approximate surface area is 394 Å². The van der Waals surface area contributed by atoms with Crippen molar-refractivity contribution < 1.29 is 47.3 Å². The normalized spacial score (nSPS) is 10.7. The second kappa shape index (κ2) is 25.3. The van der Waals surface area contributed by atoms with E-state index in [9.17, 15) is 14.4 Å². The molecule has 1 amide bonds. The van der Waals surface area contributed by atoms with Gasteiger partial charge in [-0.05, 0) is 91.7 Å². The van der Waals surface area contributed by atoms with E-state index in [4.69, 9.17) is 39.8 Å². The van der Waals surface area contributed by atoms with E-state index in [1.165, 1.54) is 18.1 Å². The van der Waals surface area contributed by atoms with Crippen LogP contribution in [0.15, 0.2) is 142 Å². The summed E-state index contributed by atoms with van der Waals surface area (Å²) in [6.07, 6.45) is 0.762. The number of aliphatic carboxylic acids is 1. The molecule has 15 heteroatoms. The lowest BCUT2D eigenvalue weighted by Gasteiger charge is -2.21. The van der Waals surface area contributed by atoms with Crippen molar-refractivity contribution in [2.45, 2.75) is 52.6 Å². The smallest absolute Gasteiger partial charge is 0.415 e. The topological polar surface area (TPSA) is 176 Å². The Morgan fingerprint density at radius 2 is 1.21 bits per heavy atom. The molecule has 5 aromatic carbocycles. The molecule has 0 saturated carbocycles. The van der Waals surface area contributed by atoms with Gasteiger partial charge in [0.05, 0.1) is 44.6 Å². The second-order valence-electron chi connectivity index (χ2n) is 15.2. The Bertz CT molecular complexity index is 2640. The largest absolute Gasteiger partial charge is 0.493 e. The minimum atomic E-state index is -1.01. The van der Waals surface area contributed by atoms with E-state index in [1.807, 2.05) is 111 Å². The van der Waals surface area contributed by atoms with Crippen molar-refractivity contribution in [2.75, 3.05) is 33.4 Å². The molecule has 348 valence electrons. The molecule has 0 saturated heterocycles. The lowest BCUT2D eigenvalue weighted by Crippen LogP contribution is -2.34. The van der Waals surface area contributed by atoms with E-state index in [0.717, 1.165) is 50.9 Å². The number of oxazole rings is 2. The number of ether oxygens (including phenoxy) is 4. The van der Waals surface area contributed by atoms with E-state index in [0.29, 0.717) is 68.1 Å². The Kier molecular flexibility index (Phi) is 18.5. The summed E-state index contributed by atoms with van der Waals surface area (Å²) in [6.45, 7) is 6.21. The van der Waals surface area contributed by atoms with Gasteiger partial charge in [-0.3, -0.25) is 9.59 Å². The van der Waals surface area contributed by atoms with Crippen LogP contribution in [-0.4, -0.2) is 71.4 Å². The fourth-order valence-corrected chi connectivity index (χ4v) is 6.74.